The van der Waals surface area contributed by atoms with Gasteiger partial charge in [0.05, 0.1) is 16.3 Å². The summed E-state index contributed by atoms with van der Waals surface area (Å²) < 4.78 is 5.31. The Hall–Kier alpha value is -1.94. The Kier molecular flexibility index (Phi) is 3.30. The van der Waals surface area contributed by atoms with Crippen LogP contribution >= 0.6 is 11.6 Å². The van der Waals surface area contributed by atoms with E-state index in [1.807, 2.05) is 0 Å². The largest absolute Gasteiger partial charge is 0.466 e. The monoisotopic (exact) mass is 264 g/mol. The topological polar surface area (TPSA) is 68.3 Å². The summed E-state index contributed by atoms with van der Waals surface area (Å²) in [4.78, 5) is 12.0. The summed E-state index contributed by atoms with van der Waals surface area (Å²) in [6, 6.07) is 6.65. The number of nitrogen functional groups attached to an aromatic ring is 1. The van der Waals surface area contributed by atoms with Crippen molar-refractivity contribution in [3.05, 3.63) is 46.4 Å². The van der Waals surface area contributed by atoms with Gasteiger partial charge in [-0.25, -0.2) is 0 Å². The molecule has 0 aliphatic rings. The summed E-state index contributed by atoms with van der Waals surface area (Å²) in [5.41, 5.74) is 7.18. The van der Waals surface area contributed by atoms with Crippen LogP contribution in [0.1, 0.15) is 21.9 Å². The van der Waals surface area contributed by atoms with Crippen LogP contribution in [0, 0.1) is 13.8 Å². The predicted molar refractivity (Wildman–Crippen MR) is 72.0 cm³/mol. The van der Waals surface area contributed by atoms with E-state index in [1.54, 1.807) is 38.1 Å². The molecule has 0 fully saturated rings. The average molecular weight is 265 g/mol. The molecule has 0 aliphatic carbocycles. The summed E-state index contributed by atoms with van der Waals surface area (Å²) in [7, 11) is 0. The van der Waals surface area contributed by atoms with Crippen molar-refractivity contribution < 1.29 is 9.21 Å². The minimum Gasteiger partial charge on any atom is -0.466 e. The van der Waals surface area contributed by atoms with E-state index in [-0.39, 0.29) is 5.91 Å². The lowest BCUT2D eigenvalue weighted by Gasteiger charge is -2.05. The lowest BCUT2D eigenvalue weighted by Crippen LogP contribution is -2.12. The number of hydrogen-bond acceptors (Lipinski definition) is 3. The van der Waals surface area contributed by atoms with E-state index in [9.17, 15) is 4.79 Å². The summed E-state index contributed by atoms with van der Waals surface area (Å²) in [6.45, 7) is 3.54. The fourth-order valence-corrected chi connectivity index (χ4v) is 1.84. The molecule has 2 rings (SSSR count). The number of benzene rings is 1. The maximum absolute atomic E-state index is 12.0. The molecule has 0 spiro atoms. The SMILES string of the molecule is Cc1cc(C(=O)Nc2ccc(N)c(Cl)c2)c(C)o1. The molecule has 18 heavy (non-hydrogen) atoms. The first kappa shape index (κ1) is 12.5. The normalized spacial score (nSPS) is 10.4. The van der Waals surface area contributed by atoms with E-state index in [2.05, 4.69) is 5.32 Å². The number of hydrogen-bond donors (Lipinski definition) is 2. The predicted octanol–water partition coefficient (Wildman–Crippen LogP) is 3.38. The van der Waals surface area contributed by atoms with Gasteiger partial charge in [-0.2, -0.15) is 0 Å². The first-order valence-corrected chi connectivity index (χ1v) is 5.78. The van der Waals surface area contributed by atoms with E-state index < -0.39 is 0 Å². The number of carbonyl (C=O) groups excluding carboxylic acids is 1. The van der Waals surface area contributed by atoms with Crippen molar-refractivity contribution in [3.63, 3.8) is 0 Å². The molecule has 1 heterocycles. The third-order valence-electron chi connectivity index (χ3n) is 2.54. The van der Waals surface area contributed by atoms with Crippen LogP contribution in [0.25, 0.3) is 0 Å². The molecule has 4 nitrogen and oxygen atoms in total. The Labute approximate surface area is 110 Å². The zero-order valence-corrected chi connectivity index (χ0v) is 10.8. The highest BCUT2D eigenvalue weighted by Crippen LogP contribution is 2.23. The molecule has 0 bridgehead atoms. The maximum Gasteiger partial charge on any atom is 0.259 e. The summed E-state index contributed by atoms with van der Waals surface area (Å²) in [5.74, 6) is 1.06. The molecule has 0 saturated carbocycles. The fraction of sp³-hybridized carbons (Fsp3) is 0.154. The maximum atomic E-state index is 12.0. The molecule has 0 aliphatic heterocycles. The highest BCUT2D eigenvalue weighted by atomic mass is 35.5. The van der Waals surface area contributed by atoms with Crippen molar-refractivity contribution in [2.75, 3.05) is 11.1 Å². The number of halogens is 1. The minimum atomic E-state index is -0.231. The summed E-state index contributed by atoms with van der Waals surface area (Å²) in [5, 5.41) is 3.15. The third-order valence-corrected chi connectivity index (χ3v) is 2.87. The fourth-order valence-electron chi connectivity index (χ4n) is 1.66. The van der Waals surface area contributed by atoms with Gasteiger partial charge in [0.25, 0.3) is 5.91 Å². The first-order chi connectivity index (χ1) is 8.47. The van der Waals surface area contributed by atoms with E-state index in [4.69, 9.17) is 21.8 Å². The Morgan fingerprint density at radius 3 is 2.61 bits per heavy atom. The number of furan rings is 1. The third kappa shape index (κ3) is 2.49. The average Bonchev–Trinajstić information content (AvgIpc) is 2.63. The van der Waals surface area contributed by atoms with Gasteiger partial charge in [-0.1, -0.05) is 11.6 Å². The zero-order chi connectivity index (χ0) is 13.3. The van der Waals surface area contributed by atoms with Gasteiger partial charge >= 0.3 is 0 Å². The Bertz CT molecular complexity index is 605. The van der Waals surface area contributed by atoms with Crippen LogP contribution in [-0.4, -0.2) is 5.91 Å². The van der Waals surface area contributed by atoms with Gasteiger partial charge < -0.3 is 15.5 Å². The van der Waals surface area contributed by atoms with Crippen molar-refractivity contribution in [1.29, 1.82) is 0 Å². The first-order valence-electron chi connectivity index (χ1n) is 5.41. The quantitative estimate of drug-likeness (QED) is 0.817. The lowest BCUT2D eigenvalue weighted by atomic mass is 10.2. The molecule has 0 radical (unpaired) electrons. The molecule has 0 saturated heterocycles. The van der Waals surface area contributed by atoms with Crippen LogP contribution in [-0.2, 0) is 0 Å². The molecular formula is C13H13ClN2O2. The molecule has 1 aromatic carbocycles. The highest BCUT2D eigenvalue weighted by Gasteiger charge is 2.13. The Morgan fingerprint density at radius 1 is 1.33 bits per heavy atom. The van der Waals surface area contributed by atoms with Crippen LogP contribution in [0.5, 0.6) is 0 Å². The van der Waals surface area contributed by atoms with Crippen LogP contribution in [0.2, 0.25) is 5.02 Å². The summed E-state index contributed by atoms with van der Waals surface area (Å²) >= 11 is 5.88. The van der Waals surface area contributed by atoms with Crippen molar-refractivity contribution in [2.24, 2.45) is 0 Å². The van der Waals surface area contributed by atoms with E-state index in [1.165, 1.54) is 0 Å². The van der Waals surface area contributed by atoms with Gasteiger partial charge in [0, 0.05) is 5.69 Å². The zero-order valence-electron chi connectivity index (χ0n) is 10.1. The van der Waals surface area contributed by atoms with Gasteiger partial charge in [0.2, 0.25) is 0 Å². The van der Waals surface area contributed by atoms with Gasteiger partial charge in [0.1, 0.15) is 11.5 Å². The van der Waals surface area contributed by atoms with Crippen molar-refractivity contribution in [1.82, 2.24) is 0 Å². The molecule has 0 unspecified atom stereocenters. The highest BCUT2D eigenvalue weighted by molar-refractivity contribution is 6.33. The van der Waals surface area contributed by atoms with Crippen LogP contribution in [0.15, 0.2) is 28.7 Å². The molecule has 94 valence electrons. The lowest BCUT2D eigenvalue weighted by molar-refractivity contribution is 0.102. The minimum absolute atomic E-state index is 0.231. The number of nitrogens with two attached hydrogens (primary N) is 1. The summed E-state index contributed by atoms with van der Waals surface area (Å²) in [6.07, 6.45) is 0. The second kappa shape index (κ2) is 4.74. The van der Waals surface area contributed by atoms with Gasteiger partial charge in [0.15, 0.2) is 0 Å². The Morgan fingerprint density at radius 2 is 2.06 bits per heavy atom. The molecule has 5 heteroatoms. The molecule has 0 atom stereocenters. The van der Waals surface area contributed by atoms with E-state index in [0.717, 1.165) is 0 Å². The van der Waals surface area contributed by atoms with Crippen LogP contribution in [0.3, 0.4) is 0 Å². The number of amides is 1. The van der Waals surface area contributed by atoms with Gasteiger partial charge in [-0.3, -0.25) is 4.79 Å². The molecule has 1 aromatic heterocycles. The molecule has 1 amide bonds. The number of rotatable bonds is 2. The van der Waals surface area contributed by atoms with E-state index in [0.29, 0.717) is 33.5 Å². The van der Waals surface area contributed by atoms with Gasteiger partial charge in [-0.05, 0) is 38.1 Å². The van der Waals surface area contributed by atoms with Gasteiger partial charge in [-0.15, -0.1) is 0 Å². The molecule has 2 aromatic rings. The number of carbonyl (C=O) groups is 1. The van der Waals surface area contributed by atoms with Crippen LogP contribution < -0.4 is 11.1 Å². The number of anilines is 2. The second-order valence-corrected chi connectivity index (χ2v) is 4.42. The molecule has 3 N–H and O–H groups in total. The van der Waals surface area contributed by atoms with E-state index >= 15 is 0 Å². The number of nitrogens with one attached hydrogen (secondary N) is 1. The molecular weight excluding hydrogens is 252 g/mol. The number of aryl methyl sites for hydroxylation is 2. The van der Waals surface area contributed by atoms with Crippen molar-refractivity contribution >= 4 is 28.9 Å². The standard InChI is InChI=1S/C13H13ClN2O2/c1-7-5-10(8(2)18-7)13(17)16-9-3-4-12(15)11(14)6-9/h3-6H,15H2,1-2H3,(H,16,17). The Balaban J connectivity index is 2.21. The van der Waals surface area contributed by atoms with Crippen LogP contribution in [0.4, 0.5) is 11.4 Å². The van der Waals surface area contributed by atoms with Crippen molar-refractivity contribution in [3.8, 4) is 0 Å². The smallest absolute Gasteiger partial charge is 0.259 e. The second-order valence-electron chi connectivity index (χ2n) is 4.02. The van der Waals surface area contributed by atoms with Crippen molar-refractivity contribution in [2.45, 2.75) is 13.8 Å².